The van der Waals surface area contributed by atoms with Crippen molar-refractivity contribution < 1.29 is 9.53 Å². The van der Waals surface area contributed by atoms with Crippen molar-refractivity contribution in [2.45, 2.75) is 19.8 Å². The molecule has 2 nitrogen and oxygen atoms in total. The van der Waals surface area contributed by atoms with Crippen molar-refractivity contribution in [2.24, 2.45) is 0 Å². The van der Waals surface area contributed by atoms with Crippen LogP contribution in [0.5, 0.6) is 0 Å². The average molecular weight is 192 g/mol. The Labute approximate surface area is 84.9 Å². The van der Waals surface area contributed by atoms with Crippen LogP contribution >= 0.6 is 0 Å². The van der Waals surface area contributed by atoms with Crippen molar-refractivity contribution in [2.75, 3.05) is 13.7 Å². The number of benzene rings is 1. The molecular formula is C12H16O2. The van der Waals surface area contributed by atoms with Crippen LogP contribution in [-0.2, 0) is 11.2 Å². The van der Waals surface area contributed by atoms with E-state index in [-0.39, 0.29) is 5.78 Å². The molecule has 0 N–H and O–H groups in total. The first-order chi connectivity index (χ1) is 6.77. The number of ketones is 1. The highest BCUT2D eigenvalue weighted by atomic mass is 16.5. The van der Waals surface area contributed by atoms with Crippen LogP contribution in [0.25, 0.3) is 0 Å². The fourth-order valence-corrected chi connectivity index (χ4v) is 1.28. The average Bonchev–Trinajstić information content (AvgIpc) is 2.26. The minimum atomic E-state index is 0.197. The highest BCUT2D eigenvalue weighted by molar-refractivity contribution is 5.95. The molecule has 0 saturated heterocycles. The predicted molar refractivity (Wildman–Crippen MR) is 56.6 cm³/mol. The first kappa shape index (κ1) is 10.9. The standard InChI is InChI=1S/C12H16O2/c1-3-12(13)11-6-4-10(5-7-11)8-9-14-2/h4-7H,3,8-9H2,1-2H3. The molecule has 1 rings (SSSR count). The smallest absolute Gasteiger partial charge is 0.162 e. The first-order valence-electron chi connectivity index (χ1n) is 4.89. The summed E-state index contributed by atoms with van der Waals surface area (Å²) in [6.45, 7) is 2.60. The van der Waals surface area contributed by atoms with Gasteiger partial charge in [-0.1, -0.05) is 31.2 Å². The molecule has 1 aromatic carbocycles. The van der Waals surface area contributed by atoms with Gasteiger partial charge < -0.3 is 4.74 Å². The maximum absolute atomic E-state index is 11.3. The van der Waals surface area contributed by atoms with Crippen molar-refractivity contribution in [3.05, 3.63) is 35.4 Å². The minimum absolute atomic E-state index is 0.197. The van der Waals surface area contributed by atoms with E-state index < -0.39 is 0 Å². The molecule has 0 spiro atoms. The molecule has 0 radical (unpaired) electrons. The van der Waals surface area contributed by atoms with Gasteiger partial charge in [-0.15, -0.1) is 0 Å². The van der Waals surface area contributed by atoms with E-state index in [1.807, 2.05) is 31.2 Å². The molecule has 0 aliphatic heterocycles. The van der Waals surface area contributed by atoms with E-state index in [0.717, 1.165) is 18.6 Å². The van der Waals surface area contributed by atoms with Gasteiger partial charge in [0.1, 0.15) is 0 Å². The summed E-state index contributed by atoms with van der Waals surface area (Å²) >= 11 is 0. The molecule has 0 amide bonds. The second-order valence-corrected chi connectivity index (χ2v) is 3.22. The van der Waals surface area contributed by atoms with Crippen LogP contribution in [0, 0.1) is 0 Å². The Morgan fingerprint density at radius 3 is 2.43 bits per heavy atom. The van der Waals surface area contributed by atoms with Crippen molar-refractivity contribution >= 4 is 5.78 Å². The van der Waals surface area contributed by atoms with E-state index in [4.69, 9.17) is 4.74 Å². The van der Waals surface area contributed by atoms with Crippen LogP contribution in [0.2, 0.25) is 0 Å². The van der Waals surface area contributed by atoms with Gasteiger partial charge >= 0.3 is 0 Å². The molecule has 0 aliphatic rings. The maximum Gasteiger partial charge on any atom is 0.162 e. The molecule has 0 heterocycles. The van der Waals surface area contributed by atoms with E-state index in [1.54, 1.807) is 7.11 Å². The van der Waals surface area contributed by atoms with Crippen molar-refractivity contribution in [1.82, 2.24) is 0 Å². The molecule has 1 aromatic rings. The Hall–Kier alpha value is -1.15. The van der Waals surface area contributed by atoms with E-state index >= 15 is 0 Å². The third-order valence-electron chi connectivity index (χ3n) is 2.19. The number of Topliss-reactive ketones (excluding diaryl/α,β-unsaturated/α-hetero) is 1. The summed E-state index contributed by atoms with van der Waals surface area (Å²) in [5, 5.41) is 0. The van der Waals surface area contributed by atoms with Gasteiger partial charge in [-0.3, -0.25) is 4.79 Å². The number of carbonyl (C=O) groups excluding carboxylic acids is 1. The molecule has 0 bridgehead atoms. The molecule has 76 valence electrons. The Bertz CT molecular complexity index is 288. The lowest BCUT2D eigenvalue weighted by Crippen LogP contribution is -1.98. The van der Waals surface area contributed by atoms with E-state index in [9.17, 15) is 4.79 Å². The Balaban J connectivity index is 2.63. The fourth-order valence-electron chi connectivity index (χ4n) is 1.28. The van der Waals surface area contributed by atoms with Crippen molar-refractivity contribution in [1.29, 1.82) is 0 Å². The van der Waals surface area contributed by atoms with E-state index in [0.29, 0.717) is 6.42 Å². The number of ether oxygens (including phenoxy) is 1. The number of carbonyl (C=O) groups is 1. The van der Waals surface area contributed by atoms with Gasteiger partial charge in [-0.25, -0.2) is 0 Å². The zero-order valence-corrected chi connectivity index (χ0v) is 8.75. The molecule has 0 saturated carbocycles. The predicted octanol–water partition coefficient (Wildman–Crippen LogP) is 2.47. The SMILES string of the molecule is CCC(=O)c1ccc(CCOC)cc1. The number of hydrogen-bond donors (Lipinski definition) is 0. The van der Waals surface area contributed by atoms with Gasteiger partial charge in [-0.2, -0.15) is 0 Å². The molecule has 0 atom stereocenters. The highest BCUT2D eigenvalue weighted by Crippen LogP contribution is 2.07. The van der Waals surface area contributed by atoms with Crippen LogP contribution < -0.4 is 0 Å². The number of hydrogen-bond acceptors (Lipinski definition) is 2. The van der Waals surface area contributed by atoms with Gasteiger partial charge in [0, 0.05) is 19.1 Å². The Morgan fingerprint density at radius 1 is 1.29 bits per heavy atom. The van der Waals surface area contributed by atoms with Crippen LogP contribution in [0.1, 0.15) is 29.3 Å². The van der Waals surface area contributed by atoms with Crippen molar-refractivity contribution in [3.8, 4) is 0 Å². The molecule has 2 heteroatoms. The molecular weight excluding hydrogens is 176 g/mol. The van der Waals surface area contributed by atoms with E-state index in [1.165, 1.54) is 5.56 Å². The molecule has 0 aromatic heterocycles. The highest BCUT2D eigenvalue weighted by Gasteiger charge is 2.01. The third kappa shape index (κ3) is 2.96. The fraction of sp³-hybridized carbons (Fsp3) is 0.417. The van der Waals surface area contributed by atoms with Crippen LogP contribution in [0.3, 0.4) is 0 Å². The number of methoxy groups -OCH3 is 1. The largest absolute Gasteiger partial charge is 0.384 e. The Kier molecular flexibility index (Phi) is 4.33. The van der Waals surface area contributed by atoms with E-state index in [2.05, 4.69) is 0 Å². The lowest BCUT2D eigenvalue weighted by atomic mass is 10.1. The first-order valence-corrected chi connectivity index (χ1v) is 4.89. The summed E-state index contributed by atoms with van der Waals surface area (Å²) in [5.41, 5.74) is 2.01. The van der Waals surface area contributed by atoms with Crippen molar-refractivity contribution in [3.63, 3.8) is 0 Å². The number of rotatable bonds is 5. The summed E-state index contributed by atoms with van der Waals surface area (Å²) in [5.74, 6) is 0.197. The maximum atomic E-state index is 11.3. The quantitative estimate of drug-likeness (QED) is 0.670. The molecule has 0 unspecified atom stereocenters. The van der Waals surface area contributed by atoms with Gasteiger partial charge in [0.05, 0.1) is 6.61 Å². The van der Waals surface area contributed by atoms with Gasteiger partial charge in [0.25, 0.3) is 0 Å². The zero-order valence-electron chi connectivity index (χ0n) is 8.75. The topological polar surface area (TPSA) is 26.3 Å². The second-order valence-electron chi connectivity index (χ2n) is 3.22. The summed E-state index contributed by atoms with van der Waals surface area (Å²) in [4.78, 5) is 11.3. The molecule has 14 heavy (non-hydrogen) atoms. The normalized spacial score (nSPS) is 10.1. The molecule has 0 aliphatic carbocycles. The second kappa shape index (κ2) is 5.55. The monoisotopic (exact) mass is 192 g/mol. The molecule has 0 fully saturated rings. The third-order valence-corrected chi connectivity index (χ3v) is 2.19. The van der Waals surface area contributed by atoms with Gasteiger partial charge in [-0.05, 0) is 12.0 Å². The zero-order chi connectivity index (χ0) is 10.4. The summed E-state index contributed by atoms with van der Waals surface area (Å²) in [6.07, 6.45) is 1.47. The van der Waals surface area contributed by atoms with Crippen LogP contribution in [-0.4, -0.2) is 19.5 Å². The summed E-state index contributed by atoms with van der Waals surface area (Å²) in [7, 11) is 1.69. The lowest BCUT2D eigenvalue weighted by Gasteiger charge is -2.01. The summed E-state index contributed by atoms with van der Waals surface area (Å²) in [6, 6.07) is 7.75. The Morgan fingerprint density at radius 2 is 1.93 bits per heavy atom. The minimum Gasteiger partial charge on any atom is -0.384 e. The van der Waals surface area contributed by atoms with Gasteiger partial charge in [0.15, 0.2) is 5.78 Å². The van der Waals surface area contributed by atoms with Gasteiger partial charge in [0.2, 0.25) is 0 Å². The van der Waals surface area contributed by atoms with Crippen LogP contribution in [0.15, 0.2) is 24.3 Å². The summed E-state index contributed by atoms with van der Waals surface area (Å²) < 4.78 is 4.98. The van der Waals surface area contributed by atoms with Crippen LogP contribution in [0.4, 0.5) is 0 Å². The lowest BCUT2D eigenvalue weighted by molar-refractivity contribution is 0.0988.